The summed E-state index contributed by atoms with van der Waals surface area (Å²) in [6, 6.07) is 2.91. The highest BCUT2D eigenvalue weighted by Gasteiger charge is 2.27. The molecule has 1 N–H and O–H groups in total. The van der Waals surface area contributed by atoms with Crippen LogP contribution < -0.4 is 14.2 Å². The maximum absolute atomic E-state index is 12.0. The molecular weight excluding hydrogens is 253 g/mol. The van der Waals surface area contributed by atoms with E-state index in [-0.39, 0.29) is 19.1 Å². The summed E-state index contributed by atoms with van der Waals surface area (Å²) >= 11 is 0. The molecule has 0 atom stereocenters. The van der Waals surface area contributed by atoms with Gasteiger partial charge >= 0.3 is 6.18 Å². The molecule has 2 rings (SSSR count). The van der Waals surface area contributed by atoms with Crippen molar-refractivity contribution in [2.45, 2.75) is 19.2 Å². The fourth-order valence-corrected chi connectivity index (χ4v) is 1.50. The number of rotatable bonds is 4. The van der Waals surface area contributed by atoms with Gasteiger partial charge in [0.25, 0.3) is 0 Å². The van der Waals surface area contributed by atoms with Crippen LogP contribution in [-0.2, 0) is 6.61 Å². The van der Waals surface area contributed by atoms with Crippen molar-refractivity contribution in [2.24, 2.45) is 0 Å². The van der Waals surface area contributed by atoms with Crippen molar-refractivity contribution in [3.8, 4) is 17.2 Å². The molecule has 0 aromatic heterocycles. The summed E-state index contributed by atoms with van der Waals surface area (Å²) in [6.45, 7) is -0.805. The zero-order chi connectivity index (χ0) is 13.2. The van der Waals surface area contributed by atoms with Crippen LogP contribution in [0.15, 0.2) is 12.1 Å². The van der Waals surface area contributed by atoms with Gasteiger partial charge in [0.2, 0.25) is 6.79 Å². The summed E-state index contributed by atoms with van der Waals surface area (Å²) in [5.74, 6) is 1.02. The Morgan fingerprint density at radius 1 is 1.22 bits per heavy atom. The first-order valence-corrected chi connectivity index (χ1v) is 5.22. The van der Waals surface area contributed by atoms with Crippen LogP contribution in [0, 0.1) is 0 Å². The topological polar surface area (TPSA) is 47.9 Å². The normalized spacial score (nSPS) is 13.8. The quantitative estimate of drug-likeness (QED) is 0.906. The van der Waals surface area contributed by atoms with Crippen molar-refractivity contribution in [1.29, 1.82) is 0 Å². The third kappa shape index (κ3) is 2.98. The number of fused-ring (bicyclic) bond motifs is 1. The van der Waals surface area contributed by atoms with Gasteiger partial charge in [0.15, 0.2) is 11.5 Å². The van der Waals surface area contributed by atoms with Gasteiger partial charge in [-0.15, -0.1) is 0 Å². The number of aliphatic hydroxyl groups excluding tert-OH is 1. The molecule has 1 heterocycles. The van der Waals surface area contributed by atoms with Gasteiger partial charge in [-0.05, 0) is 6.07 Å². The predicted molar refractivity (Wildman–Crippen MR) is 54.7 cm³/mol. The van der Waals surface area contributed by atoms with E-state index in [9.17, 15) is 13.2 Å². The van der Waals surface area contributed by atoms with Gasteiger partial charge in [0, 0.05) is 11.6 Å². The van der Waals surface area contributed by atoms with Crippen LogP contribution in [-0.4, -0.2) is 24.7 Å². The molecule has 0 spiro atoms. The summed E-state index contributed by atoms with van der Waals surface area (Å²) in [6.07, 6.45) is -5.32. The molecule has 0 radical (unpaired) electrons. The molecule has 4 nitrogen and oxygen atoms in total. The Kier molecular flexibility index (Phi) is 3.51. The molecule has 0 amide bonds. The van der Waals surface area contributed by atoms with Gasteiger partial charge in [-0.25, -0.2) is 0 Å². The third-order valence-electron chi connectivity index (χ3n) is 2.37. The van der Waals surface area contributed by atoms with Crippen LogP contribution in [0.3, 0.4) is 0 Å². The summed E-state index contributed by atoms with van der Waals surface area (Å²) in [5, 5.41) is 9.11. The minimum Gasteiger partial charge on any atom is -0.493 e. The Morgan fingerprint density at radius 2 is 1.89 bits per heavy atom. The molecule has 0 aliphatic carbocycles. The predicted octanol–water partition coefficient (Wildman–Crippen LogP) is 2.24. The van der Waals surface area contributed by atoms with Gasteiger partial charge in [-0.1, -0.05) is 0 Å². The molecule has 0 fully saturated rings. The lowest BCUT2D eigenvalue weighted by Crippen LogP contribution is -2.13. The Morgan fingerprint density at radius 3 is 2.50 bits per heavy atom. The number of benzene rings is 1. The average Bonchev–Trinajstić information content (AvgIpc) is 2.73. The second-order valence-corrected chi connectivity index (χ2v) is 3.68. The van der Waals surface area contributed by atoms with E-state index in [1.54, 1.807) is 0 Å². The standard InChI is InChI=1S/C11H11F3O4/c12-11(13,14)1-2-16-8-4-10-9(17-6-18-10)3-7(8)5-15/h3-4,15H,1-2,5-6H2. The smallest absolute Gasteiger partial charge is 0.392 e. The number of alkyl halides is 3. The Balaban J connectivity index is 2.07. The molecule has 0 bridgehead atoms. The largest absolute Gasteiger partial charge is 0.493 e. The van der Waals surface area contributed by atoms with Crippen LogP contribution in [0.4, 0.5) is 13.2 Å². The first-order valence-electron chi connectivity index (χ1n) is 5.22. The fourth-order valence-electron chi connectivity index (χ4n) is 1.50. The van der Waals surface area contributed by atoms with Gasteiger partial charge < -0.3 is 19.3 Å². The lowest BCUT2D eigenvalue weighted by atomic mass is 10.2. The highest BCUT2D eigenvalue weighted by molar-refractivity contribution is 5.51. The van der Waals surface area contributed by atoms with E-state index in [0.717, 1.165) is 0 Å². The number of halogens is 3. The molecule has 100 valence electrons. The summed E-state index contributed by atoms with van der Waals surface area (Å²) in [7, 11) is 0. The van der Waals surface area contributed by atoms with Crippen molar-refractivity contribution in [1.82, 2.24) is 0 Å². The SMILES string of the molecule is OCc1cc2c(cc1OCCC(F)(F)F)OCO2. The van der Waals surface area contributed by atoms with E-state index in [1.165, 1.54) is 12.1 Å². The zero-order valence-electron chi connectivity index (χ0n) is 9.29. The molecule has 0 saturated heterocycles. The molecule has 0 saturated carbocycles. The molecule has 1 aliphatic rings. The molecular formula is C11H11F3O4. The number of hydrogen-bond donors (Lipinski definition) is 1. The van der Waals surface area contributed by atoms with E-state index in [1.807, 2.05) is 0 Å². The maximum Gasteiger partial charge on any atom is 0.392 e. The van der Waals surface area contributed by atoms with Gasteiger partial charge in [0.1, 0.15) is 5.75 Å². The Hall–Kier alpha value is -1.63. The first-order chi connectivity index (χ1) is 8.49. The van der Waals surface area contributed by atoms with Crippen LogP contribution in [0.5, 0.6) is 17.2 Å². The average molecular weight is 264 g/mol. The fraction of sp³-hybridized carbons (Fsp3) is 0.455. The molecule has 1 aliphatic heterocycles. The lowest BCUT2D eigenvalue weighted by Gasteiger charge is -2.12. The Bertz CT molecular complexity index is 431. The summed E-state index contributed by atoms with van der Waals surface area (Å²) in [5.41, 5.74) is 0.362. The molecule has 7 heteroatoms. The van der Waals surface area contributed by atoms with Gasteiger partial charge in [-0.2, -0.15) is 13.2 Å². The number of aliphatic hydroxyl groups is 1. The maximum atomic E-state index is 12.0. The zero-order valence-corrected chi connectivity index (χ0v) is 9.29. The van der Waals surface area contributed by atoms with Crippen molar-refractivity contribution in [2.75, 3.05) is 13.4 Å². The monoisotopic (exact) mass is 264 g/mol. The third-order valence-corrected chi connectivity index (χ3v) is 2.37. The Labute approximate surface area is 101 Å². The van der Waals surface area contributed by atoms with Crippen LogP contribution in [0.1, 0.15) is 12.0 Å². The van der Waals surface area contributed by atoms with Gasteiger partial charge in [0.05, 0.1) is 19.6 Å². The minimum atomic E-state index is -4.27. The van der Waals surface area contributed by atoms with Crippen LogP contribution in [0.2, 0.25) is 0 Å². The second kappa shape index (κ2) is 4.93. The number of hydrogen-bond acceptors (Lipinski definition) is 4. The highest BCUT2D eigenvalue weighted by atomic mass is 19.4. The lowest BCUT2D eigenvalue weighted by molar-refractivity contribution is -0.139. The van der Waals surface area contributed by atoms with E-state index in [2.05, 4.69) is 0 Å². The summed E-state index contributed by atoms with van der Waals surface area (Å²) in [4.78, 5) is 0. The van der Waals surface area contributed by atoms with E-state index >= 15 is 0 Å². The molecule has 18 heavy (non-hydrogen) atoms. The minimum absolute atomic E-state index is 0.0478. The van der Waals surface area contributed by atoms with Crippen LogP contribution >= 0.6 is 0 Å². The molecule has 1 aromatic carbocycles. The van der Waals surface area contributed by atoms with E-state index in [0.29, 0.717) is 17.1 Å². The molecule has 0 unspecified atom stereocenters. The highest BCUT2D eigenvalue weighted by Crippen LogP contribution is 2.38. The number of ether oxygens (including phenoxy) is 3. The van der Waals surface area contributed by atoms with Crippen molar-refractivity contribution in [3.05, 3.63) is 17.7 Å². The first kappa shape index (κ1) is 12.8. The van der Waals surface area contributed by atoms with E-state index in [4.69, 9.17) is 19.3 Å². The second-order valence-electron chi connectivity index (χ2n) is 3.68. The van der Waals surface area contributed by atoms with E-state index < -0.39 is 19.2 Å². The van der Waals surface area contributed by atoms with Crippen molar-refractivity contribution < 1.29 is 32.5 Å². The summed E-state index contributed by atoms with van der Waals surface area (Å²) < 4.78 is 51.1. The molecule has 1 aromatic rings. The van der Waals surface area contributed by atoms with Crippen molar-refractivity contribution >= 4 is 0 Å². The van der Waals surface area contributed by atoms with Crippen LogP contribution in [0.25, 0.3) is 0 Å². The van der Waals surface area contributed by atoms with Crippen molar-refractivity contribution in [3.63, 3.8) is 0 Å². The van der Waals surface area contributed by atoms with Gasteiger partial charge in [-0.3, -0.25) is 0 Å².